The average Bonchev–Trinajstić information content (AvgIpc) is 2.51. The first-order valence-electron chi connectivity index (χ1n) is 6.23. The molecule has 0 aromatic heterocycles. The van der Waals surface area contributed by atoms with E-state index in [9.17, 15) is 4.79 Å². The van der Waals surface area contributed by atoms with Gasteiger partial charge in [0.05, 0.1) is 0 Å². The first-order valence-corrected chi connectivity index (χ1v) is 6.23. The van der Waals surface area contributed by atoms with Gasteiger partial charge in [0.2, 0.25) is 0 Å². The molecule has 0 spiro atoms. The Labute approximate surface area is 122 Å². The maximum Gasteiger partial charge on any atom is 0.413 e. The first kappa shape index (κ1) is 17.7. The Bertz CT molecular complexity index is 386. The molecule has 1 aliphatic heterocycles. The van der Waals surface area contributed by atoms with Gasteiger partial charge < -0.3 is 34.0 Å². The summed E-state index contributed by atoms with van der Waals surface area (Å²) in [5.41, 5.74) is 8.25. The third-order valence-electron chi connectivity index (χ3n) is 3.19. The minimum Gasteiger partial charge on any atom is -0.454 e. The van der Waals surface area contributed by atoms with Gasteiger partial charge in [-0.2, -0.15) is 4.79 Å². The van der Waals surface area contributed by atoms with Gasteiger partial charge in [0.1, 0.15) is 31.0 Å². The number of carbonyl (C=O) groups excluding carboxylic acids is 1. The highest BCUT2D eigenvalue weighted by molar-refractivity contribution is 6.20. The number of rotatable bonds is 7. The predicted molar refractivity (Wildman–Crippen MR) is 68.7 cm³/mol. The van der Waals surface area contributed by atoms with E-state index in [4.69, 9.17) is 34.0 Å². The lowest BCUT2D eigenvalue weighted by molar-refractivity contribution is -0.306. The van der Waals surface area contributed by atoms with Crippen molar-refractivity contribution in [3.63, 3.8) is 0 Å². The number of carbonyl (C=O) groups is 1. The summed E-state index contributed by atoms with van der Waals surface area (Å²) in [7, 11) is 5.99. The molecule has 0 aromatic carbocycles. The zero-order valence-electron chi connectivity index (χ0n) is 12.4. The molecule has 1 fully saturated rings. The molecule has 0 bridgehead atoms. The van der Waals surface area contributed by atoms with Crippen LogP contribution in [0, 0.1) is 0 Å². The lowest BCUT2D eigenvalue weighted by Gasteiger charge is -2.43. The highest BCUT2D eigenvalue weighted by Crippen LogP contribution is 2.27. The standard InChI is InChI=1S/C12H20N2O7/c1-16-9-7(6-20-8(15)5-14-13)21-12(19-4)11(18-3)10(9)17-2/h5,7,9-12H,6H2,1-4H3/t7?,9-,10?,11?,12+/m0/s1. The number of hydrogen-bond donors (Lipinski definition) is 0. The van der Waals surface area contributed by atoms with Crippen LogP contribution in [-0.2, 0) is 33.2 Å². The maximum absolute atomic E-state index is 11.2. The van der Waals surface area contributed by atoms with E-state index >= 15 is 0 Å². The van der Waals surface area contributed by atoms with Crippen molar-refractivity contribution >= 4 is 12.2 Å². The van der Waals surface area contributed by atoms with Gasteiger partial charge in [0.25, 0.3) is 0 Å². The largest absolute Gasteiger partial charge is 0.454 e. The summed E-state index contributed by atoms with van der Waals surface area (Å²) in [6, 6.07) is 0. The number of hydrogen-bond acceptors (Lipinski definition) is 7. The fourth-order valence-electron chi connectivity index (χ4n) is 2.25. The van der Waals surface area contributed by atoms with Gasteiger partial charge in [-0.05, 0) is 0 Å². The molecule has 1 aliphatic rings. The maximum atomic E-state index is 11.2. The molecule has 0 saturated carbocycles. The molecule has 0 radical (unpaired) electrons. The van der Waals surface area contributed by atoms with Crippen LogP contribution >= 0.6 is 0 Å². The van der Waals surface area contributed by atoms with Gasteiger partial charge in [-0.3, -0.25) is 0 Å². The van der Waals surface area contributed by atoms with Crippen LogP contribution in [0.4, 0.5) is 0 Å². The number of nitrogens with zero attached hydrogens (tertiary/aromatic N) is 2. The van der Waals surface area contributed by atoms with Crippen LogP contribution in [0.2, 0.25) is 0 Å². The second-order valence-corrected chi connectivity index (χ2v) is 4.25. The molecule has 9 nitrogen and oxygen atoms in total. The van der Waals surface area contributed by atoms with Gasteiger partial charge in [0, 0.05) is 28.4 Å². The molecule has 0 amide bonds. The molecule has 21 heavy (non-hydrogen) atoms. The molecule has 0 N–H and O–H groups in total. The zero-order valence-corrected chi connectivity index (χ0v) is 12.4. The van der Waals surface area contributed by atoms with Crippen LogP contribution in [0.25, 0.3) is 5.53 Å². The SMILES string of the molecule is COC1C(OC)[C@@H](OC)C(COC(=O)C=[N+]=[N-])O[C@H]1OC. The lowest BCUT2D eigenvalue weighted by atomic mass is 9.98. The van der Waals surface area contributed by atoms with E-state index in [1.165, 1.54) is 28.4 Å². The van der Waals surface area contributed by atoms with Crippen LogP contribution in [0.1, 0.15) is 0 Å². The smallest absolute Gasteiger partial charge is 0.413 e. The first-order chi connectivity index (χ1) is 10.1. The van der Waals surface area contributed by atoms with E-state index < -0.39 is 36.7 Å². The zero-order chi connectivity index (χ0) is 15.8. The van der Waals surface area contributed by atoms with Crippen molar-refractivity contribution in [2.24, 2.45) is 0 Å². The van der Waals surface area contributed by atoms with E-state index in [0.717, 1.165) is 0 Å². The quantitative estimate of drug-likeness (QED) is 0.263. The molecule has 1 heterocycles. The second-order valence-electron chi connectivity index (χ2n) is 4.25. The summed E-state index contributed by atoms with van der Waals surface area (Å²) in [6.07, 6.45) is -2.14. The van der Waals surface area contributed by atoms with E-state index in [0.29, 0.717) is 6.21 Å². The summed E-state index contributed by atoms with van der Waals surface area (Å²) < 4.78 is 31.9. The highest BCUT2D eigenvalue weighted by Gasteiger charge is 2.47. The second kappa shape index (κ2) is 8.83. The minimum atomic E-state index is -0.798. The molecule has 1 rings (SSSR count). The Balaban J connectivity index is 2.81. The van der Waals surface area contributed by atoms with E-state index in [1.54, 1.807) is 0 Å². The average molecular weight is 304 g/mol. The molecule has 0 aromatic rings. The van der Waals surface area contributed by atoms with Gasteiger partial charge in [-0.1, -0.05) is 0 Å². The summed E-state index contributed by atoms with van der Waals surface area (Å²) in [4.78, 5) is 13.8. The molecule has 9 heteroatoms. The third-order valence-corrected chi connectivity index (χ3v) is 3.19. The number of methoxy groups -OCH3 is 4. The van der Waals surface area contributed by atoms with Gasteiger partial charge in [-0.25, -0.2) is 4.79 Å². The summed E-state index contributed by atoms with van der Waals surface area (Å²) in [5, 5.41) is 0. The Morgan fingerprint density at radius 1 is 1.10 bits per heavy atom. The van der Waals surface area contributed by atoms with Crippen LogP contribution < -0.4 is 0 Å². The van der Waals surface area contributed by atoms with Crippen molar-refractivity contribution in [2.75, 3.05) is 35.0 Å². The van der Waals surface area contributed by atoms with Crippen molar-refractivity contribution in [3.05, 3.63) is 5.53 Å². The number of esters is 1. The Kier molecular flexibility index (Phi) is 7.44. The Morgan fingerprint density at radius 3 is 2.19 bits per heavy atom. The summed E-state index contributed by atoms with van der Waals surface area (Å²) >= 11 is 0. The van der Waals surface area contributed by atoms with E-state index in [2.05, 4.69) is 4.79 Å². The van der Waals surface area contributed by atoms with Crippen LogP contribution in [0.3, 0.4) is 0 Å². The fraction of sp³-hybridized carbons (Fsp3) is 0.833. The molecular weight excluding hydrogens is 284 g/mol. The minimum absolute atomic E-state index is 0.112. The van der Waals surface area contributed by atoms with Gasteiger partial charge >= 0.3 is 12.2 Å². The van der Waals surface area contributed by atoms with Gasteiger partial charge in [0.15, 0.2) is 6.29 Å². The third kappa shape index (κ3) is 4.31. The van der Waals surface area contributed by atoms with Crippen LogP contribution in [0.15, 0.2) is 0 Å². The monoisotopic (exact) mass is 304 g/mol. The van der Waals surface area contributed by atoms with Crippen molar-refractivity contribution in [1.29, 1.82) is 0 Å². The molecule has 3 unspecified atom stereocenters. The van der Waals surface area contributed by atoms with Gasteiger partial charge in [-0.15, -0.1) is 0 Å². The van der Waals surface area contributed by atoms with Crippen molar-refractivity contribution in [1.82, 2.24) is 0 Å². The van der Waals surface area contributed by atoms with E-state index in [-0.39, 0.29) is 6.61 Å². The lowest BCUT2D eigenvalue weighted by Crippen LogP contribution is -2.61. The summed E-state index contributed by atoms with van der Waals surface area (Å²) in [6.45, 7) is -0.112. The summed E-state index contributed by atoms with van der Waals surface area (Å²) in [5.74, 6) is -0.798. The van der Waals surface area contributed by atoms with Crippen LogP contribution in [-0.4, -0.2) is 82.7 Å². The van der Waals surface area contributed by atoms with Crippen molar-refractivity contribution in [3.8, 4) is 0 Å². The number of ether oxygens (including phenoxy) is 6. The topological polar surface area (TPSA) is 109 Å². The molecule has 120 valence electrons. The molecule has 5 atom stereocenters. The molecular formula is C12H20N2O7. The molecule has 1 saturated heterocycles. The highest BCUT2D eigenvalue weighted by atomic mass is 16.7. The van der Waals surface area contributed by atoms with Crippen molar-refractivity contribution in [2.45, 2.75) is 30.7 Å². The fourth-order valence-corrected chi connectivity index (χ4v) is 2.25. The predicted octanol–water partition coefficient (Wildman–Crippen LogP) is -0.753. The normalized spacial score (nSPS) is 32.3. The Hall–Kier alpha value is -1.35. The van der Waals surface area contributed by atoms with E-state index in [1.807, 2.05) is 0 Å². The Morgan fingerprint density at radius 2 is 1.71 bits per heavy atom. The van der Waals surface area contributed by atoms with Crippen LogP contribution in [0.5, 0.6) is 0 Å². The van der Waals surface area contributed by atoms with Crippen molar-refractivity contribution < 1.29 is 38.0 Å². The molecule has 0 aliphatic carbocycles.